The number of benzene rings is 2. The third-order valence-corrected chi connectivity index (χ3v) is 6.05. The first-order chi connectivity index (χ1) is 14.6. The Labute approximate surface area is 180 Å². The lowest BCUT2D eigenvalue weighted by Crippen LogP contribution is -2.34. The second-order valence-electron chi connectivity index (χ2n) is 7.33. The Morgan fingerprint density at radius 1 is 1.10 bits per heavy atom. The fraction of sp³-hybridized carbons (Fsp3) is 0.304. The Morgan fingerprint density at radius 3 is 2.60 bits per heavy atom. The molecule has 7 heteroatoms. The molecule has 0 aliphatic rings. The zero-order chi connectivity index (χ0) is 21.1. The topological polar surface area (TPSA) is 72.2 Å². The average Bonchev–Trinajstić information content (AvgIpc) is 3.16. The first-order valence-corrected chi connectivity index (χ1v) is 11.1. The van der Waals surface area contributed by atoms with Crippen molar-refractivity contribution in [3.05, 3.63) is 66.0 Å². The summed E-state index contributed by atoms with van der Waals surface area (Å²) in [7, 11) is 0. The van der Waals surface area contributed by atoms with Crippen LogP contribution in [0.1, 0.15) is 44.1 Å². The van der Waals surface area contributed by atoms with E-state index in [1.54, 1.807) is 4.52 Å². The van der Waals surface area contributed by atoms with Crippen molar-refractivity contribution in [2.75, 3.05) is 0 Å². The van der Waals surface area contributed by atoms with Gasteiger partial charge in [0, 0.05) is 5.39 Å². The number of fused-ring (bicyclic) bond motifs is 3. The van der Waals surface area contributed by atoms with Crippen LogP contribution in [-0.2, 0) is 4.79 Å². The van der Waals surface area contributed by atoms with Gasteiger partial charge in [0.25, 0.3) is 0 Å². The van der Waals surface area contributed by atoms with Crippen LogP contribution < -0.4 is 5.32 Å². The SMILES string of the molecule is CCCC(NC(=O)C(C)Sc1nc2ccccc2c2nc(C)nn12)c1ccccc1. The van der Waals surface area contributed by atoms with Gasteiger partial charge in [0.05, 0.1) is 16.8 Å². The molecule has 1 amide bonds. The van der Waals surface area contributed by atoms with E-state index in [4.69, 9.17) is 4.98 Å². The summed E-state index contributed by atoms with van der Waals surface area (Å²) in [5.41, 5.74) is 2.74. The second kappa shape index (κ2) is 8.83. The average molecular weight is 420 g/mol. The number of thioether (sulfide) groups is 1. The first kappa shape index (κ1) is 20.3. The normalized spacial score (nSPS) is 13.4. The predicted molar refractivity (Wildman–Crippen MR) is 121 cm³/mol. The van der Waals surface area contributed by atoms with Gasteiger partial charge in [0.1, 0.15) is 5.82 Å². The van der Waals surface area contributed by atoms with E-state index in [0.717, 1.165) is 35.0 Å². The molecule has 154 valence electrons. The molecule has 0 aliphatic heterocycles. The van der Waals surface area contributed by atoms with Crippen LogP contribution in [0.5, 0.6) is 0 Å². The van der Waals surface area contributed by atoms with Gasteiger partial charge in [-0.1, -0.05) is 67.6 Å². The van der Waals surface area contributed by atoms with E-state index in [-0.39, 0.29) is 17.2 Å². The second-order valence-corrected chi connectivity index (χ2v) is 8.63. The van der Waals surface area contributed by atoms with Gasteiger partial charge >= 0.3 is 0 Å². The number of hydrogen-bond acceptors (Lipinski definition) is 5. The number of para-hydroxylation sites is 1. The molecule has 0 bridgehead atoms. The highest BCUT2D eigenvalue weighted by molar-refractivity contribution is 8.00. The standard InChI is InChI=1S/C23H25N5OS/c1-4-10-19(17-11-6-5-7-12-17)25-22(29)15(2)30-23-26-20-14-9-8-13-18(20)21-24-16(3)27-28(21)23/h5-9,11-15,19H,4,10H2,1-3H3,(H,25,29). The molecule has 4 aromatic rings. The highest BCUT2D eigenvalue weighted by Gasteiger charge is 2.22. The zero-order valence-electron chi connectivity index (χ0n) is 17.4. The molecule has 2 atom stereocenters. The number of carbonyl (C=O) groups is 1. The molecule has 2 aromatic carbocycles. The van der Waals surface area contributed by atoms with Crippen LogP contribution in [0.4, 0.5) is 0 Å². The monoisotopic (exact) mass is 419 g/mol. The summed E-state index contributed by atoms with van der Waals surface area (Å²) in [5, 5.41) is 9.01. The van der Waals surface area contributed by atoms with Crippen LogP contribution in [0.2, 0.25) is 0 Å². The number of nitrogens with one attached hydrogen (secondary N) is 1. The molecule has 0 saturated heterocycles. The van der Waals surface area contributed by atoms with Gasteiger partial charge in [-0.05, 0) is 38.0 Å². The fourth-order valence-corrected chi connectivity index (χ4v) is 4.38. The molecule has 2 aromatic heterocycles. The summed E-state index contributed by atoms with van der Waals surface area (Å²) in [6.07, 6.45) is 1.89. The summed E-state index contributed by atoms with van der Waals surface area (Å²) in [6.45, 7) is 5.89. The van der Waals surface area contributed by atoms with E-state index >= 15 is 0 Å². The van der Waals surface area contributed by atoms with Crippen LogP contribution in [0.25, 0.3) is 16.6 Å². The molecule has 2 heterocycles. The molecule has 6 nitrogen and oxygen atoms in total. The van der Waals surface area contributed by atoms with E-state index < -0.39 is 0 Å². The summed E-state index contributed by atoms with van der Waals surface area (Å²) in [6, 6.07) is 18.0. The Kier molecular flexibility index (Phi) is 5.99. The number of aryl methyl sites for hydroxylation is 1. The van der Waals surface area contributed by atoms with Crippen molar-refractivity contribution in [2.24, 2.45) is 0 Å². The van der Waals surface area contributed by atoms with Crippen LogP contribution in [-0.4, -0.2) is 30.7 Å². The number of nitrogens with zero attached hydrogens (tertiary/aromatic N) is 4. The minimum atomic E-state index is -0.325. The minimum Gasteiger partial charge on any atom is -0.348 e. The molecule has 4 rings (SSSR count). The molecule has 1 N–H and O–H groups in total. The summed E-state index contributed by atoms with van der Waals surface area (Å²) in [4.78, 5) is 22.3. The molecule has 0 saturated carbocycles. The van der Waals surface area contributed by atoms with Crippen LogP contribution in [0.15, 0.2) is 59.8 Å². The lowest BCUT2D eigenvalue weighted by Gasteiger charge is -2.21. The molecule has 0 radical (unpaired) electrons. The van der Waals surface area contributed by atoms with Crippen molar-refractivity contribution in [3.63, 3.8) is 0 Å². The summed E-state index contributed by atoms with van der Waals surface area (Å²) in [5.74, 6) is 0.668. The predicted octanol–water partition coefficient (Wildman–Crippen LogP) is 4.72. The maximum Gasteiger partial charge on any atom is 0.233 e. The van der Waals surface area contributed by atoms with Gasteiger partial charge in [-0.25, -0.2) is 9.97 Å². The van der Waals surface area contributed by atoms with Gasteiger partial charge in [0.15, 0.2) is 10.8 Å². The molecular formula is C23H25N5OS. The Morgan fingerprint density at radius 2 is 1.83 bits per heavy atom. The van der Waals surface area contributed by atoms with Crippen molar-refractivity contribution in [3.8, 4) is 0 Å². The van der Waals surface area contributed by atoms with Crippen LogP contribution in [0.3, 0.4) is 0 Å². The first-order valence-electron chi connectivity index (χ1n) is 10.2. The molecule has 2 unspecified atom stereocenters. The van der Waals surface area contributed by atoms with Gasteiger partial charge in [-0.3, -0.25) is 4.79 Å². The van der Waals surface area contributed by atoms with Gasteiger partial charge in [-0.15, -0.1) is 5.10 Å². The highest BCUT2D eigenvalue weighted by Crippen LogP contribution is 2.27. The Balaban J connectivity index is 1.59. The summed E-state index contributed by atoms with van der Waals surface area (Å²) >= 11 is 1.40. The molecular weight excluding hydrogens is 394 g/mol. The van der Waals surface area contributed by atoms with Crippen LogP contribution in [0, 0.1) is 6.92 Å². The Bertz CT molecular complexity index is 1170. The minimum absolute atomic E-state index is 0.00458. The molecule has 0 fully saturated rings. The van der Waals surface area contributed by atoms with Crippen molar-refractivity contribution in [1.82, 2.24) is 24.9 Å². The largest absolute Gasteiger partial charge is 0.348 e. The number of carbonyl (C=O) groups excluding carboxylic acids is 1. The third kappa shape index (κ3) is 4.16. The Hall–Kier alpha value is -2.93. The van der Waals surface area contributed by atoms with Crippen LogP contribution >= 0.6 is 11.8 Å². The quantitative estimate of drug-likeness (QED) is 0.346. The van der Waals surface area contributed by atoms with Crippen molar-refractivity contribution in [2.45, 2.75) is 50.1 Å². The number of rotatable bonds is 7. The third-order valence-electron chi connectivity index (χ3n) is 5.00. The van der Waals surface area contributed by atoms with Gasteiger partial charge in [0.2, 0.25) is 5.91 Å². The lowest BCUT2D eigenvalue weighted by atomic mass is 10.0. The molecule has 0 spiro atoms. The summed E-state index contributed by atoms with van der Waals surface area (Å²) < 4.78 is 1.74. The zero-order valence-corrected chi connectivity index (χ0v) is 18.2. The van der Waals surface area contributed by atoms with Gasteiger partial charge in [-0.2, -0.15) is 4.52 Å². The number of amides is 1. The van der Waals surface area contributed by atoms with Gasteiger partial charge < -0.3 is 5.32 Å². The number of aromatic nitrogens is 4. The van der Waals surface area contributed by atoms with E-state index in [9.17, 15) is 4.79 Å². The van der Waals surface area contributed by atoms with E-state index in [1.165, 1.54) is 11.8 Å². The maximum absolute atomic E-state index is 13.0. The number of hydrogen-bond donors (Lipinski definition) is 1. The van der Waals surface area contributed by atoms with Crippen molar-refractivity contribution >= 4 is 34.2 Å². The lowest BCUT2D eigenvalue weighted by molar-refractivity contribution is -0.121. The van der Waals surface area contributed by atoms with Crippen molar-refractivity contribution < 1.29 is 4.79 Å². The molecule has 0 aliphatic carbocycles. The van der Waals surface area contributed by atoms with Crippen molar-refractivity contribution in [1.29, 1.82) is 0 Å². The molecule has 30 heavy (non-hydrogen) atoms. The van der Waals surface area contributed by atoms with E-state index in [1.807, 2.05) is 56.3 Å². The highest BCUT2D eigenvalue weighted by atomic mass is 32.2. The smallest absolute Gasteiger partial charge is 0.233 e. The van der Waals surface area contributed by atoms with E-state index in [0.29, 0.717) is 11.0 Å². The van der Waals surface area contributed by atoms with E-state index in [2.05, 4.69) is 34.5 Å². The fourth-order valence-electron chi connectivity index (χ4n) is 3.51. The maximum atomic E-state index is 13.0.